The zero-order chi connectivity index (χ0) is 15.5. The number of esters is 1. The van der Waals surface area contributed by atoms with Gasteiger partial charge in [-0.1, -0.05) is 0 Å². The van der Waals surface area contributed by atoms with E-state index in [1.165, 1.54) is 0 Å². The third kappa shape index (κ3) is 2.81. The molecular weight excluding hydrogens is 285 g/mol. The second-order valence-corrected chi connectivity index (χ2v) is 4.82. The standard InChI is InChI=1S/C16H14FN3O2/c1-11-2-3-12(8-18-11)14-10-20-9-13(4-5-15(20)19-14)16(21)22-7-6-17/h2-5,8-10H,6-7H2,1H3. The van der Waals surface area contributed by atoms with Gasteiger partial charge in [0.05, 0.1) is 11.3 Å². The van der Waals surface area contributed by atoms with E-state index in [2.05, 4.69) is 9.97 Å². The Morgan fingerprint density at radius 1 is 1.27 bits per heavy atom. The molecule has 0 radical (unpaired) electrons. The molecule has 0 aromatic carbocycles. The lowest BCUT2D eigenvalue weighted by Gasteiger charge is -2.02. The molecule has 0 spiro atoms. The van der Waals surface area contributed by atoms with Crippen molar-refractivity contribution in [1.82, 2.24) is 14.4 Å². The van der Waals surface area contributed by atoms with Gasteiger partial charge in [0, 0.05) is 29.8 Å². The molecular formula is C16H14FN3O2. The predicted octanol–water partition coefficient (Wildman–Crippen LogP) is 2.83. The summed E-state index contributed by atoms with van der Waals surface area (Å²) >= 11 is 0. The van der Waals surface area contributed by atoms with Crippen LogP contribution in [0.4, 0.5) is 4.39 Å². The number of halogens is 1. The van der Waals surface area contributed by atoms with Crippen LogP contribution in [0.1, 0.15) is 16.1 Å². The minimum absolute atomic E-state index is 0.235. The second-order valence-electron chi connectivity index (χ2n) is 4.82. The molecule has 0 saturated carbocycles. The van der Waals surface area contributed by atoms with Crippen LogP contribution in [0, 0.1) is 6.92 Å². The fraction of sp³-hybridized carbons (Fsp3) is 0.188. The number of ether oxygens (including phenoxy) is 1. The van der Waals surface area contributed by atoms with Gasteiger partial charge in [-0.05, 0) is 31.2 Å². The summed E-state index contributed by atoms with van der Waals surface area (Å²) < 4.78 is 18.6. The zero-order valence-electron chi connectivity index (χ0n) is 12.0. The maximum Gasteiger partial charge on any atom is 0.339 e. The first-order chi connectivity index (χ1) is 10.7. The Morgan fingerprint density at radius 2 is 2.14 bits per heavy atom. The van der Waals surface area contributed by atoms with Gasteiger partial charge >= 0.3 is 5.97 Å². The van der Waals surface area contributed by atoms with Crippen molar-refractivity contribution >= 4 is 11.6 Å². The van der Waals surface area contributed by atoms with Gasteiger partial charge in [0.15, 0.2) is 0 Å². The van der Waals surface area contributed by atoms with E-state index in [4.69, 9.17) is 4.74 Å². The Kier molecular flexibility index (Phi) is 3.82. The quantitative estimate of drug-likeness (QED) is 0.695. The smallest absolute Gasteiger partial charge is 0.339 e. The van der Waals surface area contributed by atoms with Crippen LogP contribution in [0.15, 0.2) is 42.9 Å². The number of pyridine rings is 2. The fourth-order valence-corrected chi connectivity index (χ4v) is 2.09. The number of hydrogen-bond acceptors (Lipinski definition) is 4. The molecule has 0 amide bonds. The number of carbonyl (C=O) groups is 1. The van der Waals surface area contributed by atoms with Crippen molar-refractivity contribution in [1.29, 1.82) is 0 Å². The van der Waals surface area contributed by atoms with Gasteiger partial charge in [-0.3, -0.25) is 4.98 Å². The number of fused-ring (bicyclic) bond motifs is 1. The third-order valence-electron chi connectivity index (χ3n) is 3.20. The Bertz CT molecular complexity index is 812. The van der Waals surface area contributed by atoms with E-state index in [0.29, 0.717) is 11.2 Å². The van der Waals surface area contributed by atoms with Gasteiger partial charge in [-0.15, -0.1) is 0 Å². The largest absolute Gasteiger partial charge is 0.459 e. The average Bonchev–Trinajstić information content (AvgIpc) is 2.96. The van der Waals surface area contributed by atoms with E-state index < -0.39 is 12.6 Å². The van der Waals surface area contributed by atoms with E-state index >= 15 is 0 Å². The van der Waals surface area contributed by atoms with Crippen molar-refractivity contribution < 1.29 is 13.9 Å². The topological polar surface area (TPSA) is 56.5 Å². The second kappa shape index (κ2) is 5.93. The molecule has 0 aliphatic carbocycles. The monoisotopic (exact) mass is 299 g/mol. The molecule has 22 heavy (non-hydrogen) atoms. The van der Waals surface area contributed by atoms with Crippen LogP contribution in [-0.4, -0.2) is 33.6 Å². The Morgan fingerprint density at radius 3 is 2.86 bits per heavy atom. The number of carbonyl (C=O) groups excluding carboxylic acids is 1. The van der Waals surface area contributed by atoms with Gasteiger partial charge < -0.3 is 9.14 Å². The maximum atomic E-state index is 12.0. The summed E-state index contributed by atoms with van der Waals surface area (Å²) in [6.07, 6.45) is 5.19. The molecule has 0 bridgehead atoms. The van der Waals surface area contributed by atoms with Crippen molar-refractivity contribution in [2.45, 2.75) is 6.92 Å². The van der Waals surface area contributed by atoms with Crippen LogP contribution in [0.2, 0.25) is 0 Å². The summed E-state index contributed by atoms with van der Waals surface area (Å²) in [5.74, 6) is -0.549. The van der Waals surface area contributed by atoms with Crippen molar-refractivity contribution in [3.8, 4) is 11.3 Å². The molecule has 0 aliphatic heterocycles. The summed E-state index contributed by atoms with van der Waals surface area (Å²) in [5.41, 5.74) is 3.66. The lowest BCUT2D eigenvalue weighted by molar-refractivity contribution is 0.0480. The van der Waals surface area contributed by atoms with E-state index in [-0.39, 0.29) is 6.61 Å². The first-order valence-electron chi connectivity index (χ1n) is 6.82. The molecule has 6 heteroatoms. The van der Waals surface area contributed by atoms with Gasteiger partial charge in [0.25, 0.3) is 0 Å². The maximum absolute atomic E-state index is 12.0. The fourth-order valence-electron chi connectivity index (χ4n) is 2.09. The van der Waals surface area contributed by atoms with Gasteiger partial charge in [-0.25, -0.2) is 14.2 Å². The molecule has 0 aliphatic rings. The summed E-state index contributed by atoms with van der Waals surface area (Å²) in [7, 11) is 0. The molecule has 3 rings (SSSR count). The number of aromatic nitrogens is 3. The lowest BCUT2D eigenvalue weighted by Crippen LogP contribution is -2.08. The van der Waals surface area contributed by atoms with Crippen molar-refractivity contribution in [3.63, 3.8) is 0 Å². The Labute approximate surface area is 126 Å². The van der Waals surface area contributed by atoms with Crippen molar-refractivity contribution in [3.05, 3.63) is 54.1 Å². The summed E-state index contributed by atoms with van der Waals surface area (Å²) in [6.45, 7) is 0.994. The van der Waals surface area contributed by atoms with Crippen LogP contribution in [0.3, 0.4) is 0 Å². The number of hydrogen-bond donors (Lipinski definition) is 0. The third-order valence-corrected chi connectivity index (χ3v) is 3.20. The van der Waals surface area contributed by atoms with E-state index in [0.717, 1.165) is 17.0 Å². The molecule has 0 atom stereocenters. The van der Waals surface area contributed by atoms with Crippen LogP contribution in [0.5, 0.6) is 0 Å². The highest BCUT2D eigenvalue weighted by atomic mass is 19.1. The van der Waals surface area contributed by atoms with Crippen molar-refractivity contribution in [2.24, 2.45) is 0 Å². The molecule has 3 heterocycles. The minimum atomic E-state index is -0.691. The Balaban J connectivity index is 1.93. The highest BCUT2D eigenvalue weighted by Crippen LogP contribution is 2.19. The van der Waals surface area contributed by atoms with Crippen LogP contribution >= 0.6 is 0 Å². The number of aryl methyl sites for hydroxylation is 1. The number of nitrogens with zero attached hydrogens (tertiary/aromatic N) is 3. The van der Waals surface area contributed by atoms with Crippen LogP contribution < -0.4 is 0 Å². The predicted molar refractivity (Wildman–Crippen MR) is 79.4 cm³/mol. The van der Waals surface area contributed by atoms with E-state index in [9.17, 15) is 9.18 Å². The van der Waals surface area contributed by atoms with Gasteiger partial charge in [-0.2, -0.15) is 0 Å². The first kappa shape index (κ1) is 14.2. The summed E-state index contributed by atoms with van der Waals surface area (Å²) in [5, 5.41) is 0. The molecule has 0 fully saturated rings. The van der Waals surface area contributed by atoms with Gasteiger partial charge in [0.2, 0.25) is 0 Å². The zero-order valence-corrected chi connectivity index (χ0v) is 12.0. The summed E-state index contributed by atoms with van der Waals surface area (Å²) in [6, 6.07) is 7.19. The average molecular weight is 299 g/mol. The van der Waals surface area contributed by atoms with E-state index in [1.54, 1.807) is 28.9 Å². The molecule has 5 nitrogen and oxygen atoms in total. The van der Waals surface area contributed by atoms with Crippen molar-refractivity contribution in [2.75, 3.05) is 13.3 Å². The molecule has 0 unspecified atom stereocenters. The highest BCUT2D eigenvalue weighted by molar-refractivity contribution is 5.89. The van der Waals surface area contributed by atoms with Crippen LogP contribution in [0.25, 0.3) is 16.9 Å². The highest BCUT2D eigenvalue weighted by Gasteiger charge is 2.10. The molecule has 0 N–H and O–H groups in total. The molecule has 112 valence electrons. The van der Waals surface area contributed by atoms with E-state index in [1.807, 2.05) is 25.3 Å². The Hall–Kier alpha value is -2.76. The lowest BCUT2D eigenvalue weighted by atomic mass is 10.2. The SMILES string of the molecule is Cc1ccc(-c2cn3cc(C(=O)OCCF)ccc3n2)cn1. The first-order valence-corrected chi connectivity index (χ1v) is 6.82. The molecule has 3 aromatic heterocycles. The number of alkyl halides is 1. The normalized spacial score (nSPS) is 10.8. The molecule has 0 saturated heterocycles. The van der Waals surface area contributed by atoms with Crippen LogP contribution in [-0.2, 0) is 4.74 Å². The molecule has 3 aromatic rings. The summed E-state index contributed by atoms with van der Waals surface area (Å²) in [4.78, 5) is 20.5. The van der Waals surface area contributed by atoms with Gasteiger partial charge in [0.1, 0.15) is 18.9 Å². The number of rotatable bonds is 4. The number of imidazole rings is 1. The minimum Gasteiger partial charge on any atom is -0.459 e.